The Morgan fingerprint density at radius 3 is 2.26 bits per heavy atom. The van der Waals surface area contributed by atoms with Crippen LogP contribution in [0.2, 0.25) is 5.02 Å². The number of sulfonamides is 1. The zero-order valence-corrected chi connectivity index (χ0v) is 22.3. The number of rotatable bonds is 7. The van der Waals surface area contributed by atoms with E-state index in [4.69, 9.17) is 21.5 Å². The van der Waals surface area contributed by atoms with Gasteiger partial charge in [-0.05, 0) is 67.1 Å². The molecule has 0 aliphatic rings. The lowest BCUT2D eigenvalue weighted by atomic mass is 10.2. The van der Waals surface area contributed by atoms with Crippen molar-refractivity contribution in [3.8, 4) is 5.75 Å². The summed E-state index contributed by atoms with van der Waals surface area (Å²) in [5, 5.41) is 10.9. The SMILES string of the molecule is Cc1cc(S(N)(=O)=O)ccc1NC(=O)COc1ccc(Cl)cc1NC(=O)c1cc(Br)cc(Br)c1. The van der Waals surface area contributed by atoms with Crippen LogP contribution < -0.4 is 20.5 Å². The van der Waals surface area contributed by atoms with E-state index >= 15 is 0 Å². The van der Waals surface area contributed by atoms with Gasteiger partial charge in [0.1, 0.15) is 5.75 Å². The molecule has 0 saturated heterocycles. The monoisotopic (exact) mass is 629 g/mol. The van der Waals surface area contributed by atoms with Crippen molar-refractivity contribution in [2.24, 2.45) is 5.14 Å². The van der Waals surface area contributed by atoms with Crippen LogP contribution in [-0.2, 0) is 14.8 Å². The minimum absolute atomic E-state index is 0.0572. The second-order valence-electron chi connectivity index (χ2n) is 7.11. The summed E-state index contributed by atoms with van der Waals surface area (Å²) >= 11 is 12.8. The highest BCUT2D eigenvalue weighted by molar-refractivity contribution is 9.11. The number of amides is 2. The summed E-state index contributed by atoms with van der Waals surface area (Å²) in [5.74, 6) is -0.651. The smallest absolute Gasteiger partial charge is 0.262 e. The van der Waals surface area contributed by atoms with Crippen molar-refractivity contribution in [2.75, 3.05) is 17.2 Å². The van der Waals surface area contributed by atoms with Crippen LogP contribution in [0.15, 0.2) is 68.4 Å². The van der Waals surface area contributed by atoms with Gasteiger partial charge in [-0.3, -0.25) is 9.59 Å². The molecule has 3 rings (SSSR count). The highest BCUT2D eigenvalue weighted by Gasteiger charge is 2.15. The summed E-state index contributed by atoms with van der Waals surface area (Å²) < 4.78 is 30.0. The van der Waals surface area contributed by atoms with E-state index in [-0.39, 0.29) is 22.9 Å². The predicted molar refractivity (Wildman–Crippen MR) is 138 cm³/mol. The molecule has 178 valence electrons. The Bertz CT molecular complexity index is 1360. The lowest BCUT2D eigenvalue weighted by molar-refractivity contribution is -0.118. The lowest BCUT2D eigenvalue weighted by Crippen LogP contribution is -2.21. The molecule has 2 amide bonds. The van der Waals surface area contributed by atoms with Crippen LogP contribution in [0.1, 0.15) is 15.9 Å². The minimum Gasteiger partial charge on any atom is -0.482 e. The maximum Gasteiger partial charge on any atom is 0.262 e. The summed E-state index contributed by atoms with van der Waals surface area (Å²) in [6, 6.07) is 13.8. The number of halogens is 3. The van der Waals surface area contributed by atoms with Crippen molar-refractivity contribution in [2.45, 2.75) is 11.8 Å². The van der Waals surface area contributed by atoms with Crippen molar-refractivity contribution < 1.29 is 22.7 Å². The molecule has 0 aliphatic carbocycles. The summed E-state index contributed by atoms with van der Waals surface area (Å²) in [6.07, 6.45) is 0. The highest BCUT2D eigenvalue weighted by Crippen LogP contribution is 2.29. The van der Waals surface area contributed by atoms with Gasteiger partial charge >= 0.3 is 0 Å². The van der Waals surface area contributed by atoms with E-state index < -0.39 is 21.8 Å². The van der Waals surface area contributed by atoms with Crippen LogP contribution in [0.4, 0.5) is 11.4 Å². The molecule has 0 fully saturated rings. The fourth-order valence-electron chi connectivity index (χ4n) is 2.89. The Balaban J connectivity index is 1.70. The average molecular weight is 632 g/mol. The van der Waals surface area contributed by atoms with Crippen LogP contribution in [0.5, 0.6) is 5.75 Å². The van der Waals surface area contributed by atoms with Gasteiger partial charge in [0.2, 0.25) is 10.0 Å². The molecule has 0 saturated carbocycles. The number of nitrogens with two attached hydrogens (primary N) is 1. The Morgan fingerprint density at radius 1 is 0.971 bits per heavy atom. The van der Waals surface area contributed by atoms with Crippen LogP contribution in [0, 0.1) is 6.92 Å². The number of primary sulfonamides is 1. The van der Waals surface area contributed by atoms with Crippen LogP contribution in [-0.4, -0.2) is 26.8 Å². The maximum absolute atomic E-state index is 12.7. The first-order chi connectivity index (χ1) is 15.9. The Hall–Kier alpha value is -2.44. The van der Waals surface area contributed by atoms with Crippen molar-refractivity contribution in [3.63, 3.8) is 0 Å². The third-order valence-corrected chi connectivity index (χ3v) is 6.54. The topological polar surface area (TPSA) is 128 Å². The van der Waals surface area contributed by atoms with Crippen LogP contribution in [0.3, 0.4) is 0 Å². The molecule has 34 heavy (non-hydrogen) atoms. The fraction of sp³-hybridized carbons (Fsp3) is 0.0909. The third-order valence-electron chi connectivity index (χ3n) is 4.47. The number of benzene rings is 3. The van der Waals surface area contributed by atoms with Gasteiger partial charge in [0, 0.05) is 25.2 Å². The predicted octanol–water partition coefficient (Wildman–Crippen LogP) is 5.09. The molecule has 0 radical (unpaired) electrons. The summed E-state index contributed by atoms with van der Waals surface area (Å²) in [5.41, 5.74) is 1.60. The Kier molecular flexibility index (Phi) is 8.37. The van der Waals surface area contributed by atoms with Gasteiger partial charge < -0.3 is 15.4 Å². The van der Waals surface area contributed by atoms with Crippen LogP contribution >= 0.6 is 43.5 Å². The number of carbonyl (C=O) groups is 2. The van der Waals surface area contributed by atoms with E-state index in [1.807, 2.05) is 0 Å². The second kappa shape index (κ2) is 10.9. The highest BCUT2D eigenvalue weighted by atomic mass is 79.9. The largest absolute Gasteiger partial charge is 0.482 e. The van der Waals surface area contributed by atoms with Gasteiger partial charge in [-0.15, -0.1) is 0 Å². The number of nitrogens with one attached hydrogen (secondary N) is 2. The van der Waals surface area contributed by atoms with Crippen molar-refractivity contribution in [3.05, 3.63) is 79.7 Å². The number of anilines is 2. The van der Waals surface area contributed by atoms with Crippen molar-refractivity contribution >= 4 is 76.7 Å². The van der Waals surface area contributed by atoms with Gasteiger partial charge in [0.25, 0.3) is 11.8 Å². The molecule has 3 aromatic carbocycles. The second-order valence-corrected chi connectivity index (χ2v) is 10.9. The van der Waals surface area contributed by atoms with Gasteiger partial charge in [-0.1, -0.05) is 43.5 Å². The minimum atomic E-state index is -3.85. The number of ether oxygens (including phenoxy) is 1. The maximum atomic E-state index is 12.7. The Labute approximate surface area is 218 Å². The third kappa shape index (κ3) is 7.03. The summed E-state index contributed by atoms with van der Waals surface area (Å²) in [6.45, 7) is 1.27. The van der Waals surface area contributed by atoms with E-state index in [2.05, 4.69) is 42.5 Å². The molecule has 12 heteroatoms. The molecular weight excluding hydrogens is 614 g/mol. The molecule has 0 aromatic heterocycles. The lowest BCUT2D eigenvalue weighted by Gasteiger charge is -2.14. The molecular formula is C22H18Br2ClN3O5S. The summed E-state index contributed by atoms with van der Waals surface area (Å²) in [7, 11) is -3.85. The molecule has 0 spiro atoms. The first kappa shape index (κ1) is 26.2. The van der Waals surface area contributed by atoms with E-state index in [0.29, 0.717) is 21.8 Å². The van der Waals surface area contributed by atoms with Crippen LogP contribution in [0.25, 0.3) is 0 Å². The molecule has 3 aromatic rings. The molecule has 0 bridgehead atoms. The molecule has 0 unspecified atom stereocenters. The van der Waals surface area contributed by atoms with E-state index in [9.17, 15) is 18.0 Å². The van der Waals surface area contributed by atoms with Gasteiger partial charge in [0.05, 0.1) is 10.6 Å². The Morgan fingerprint density at radius 2 is 1.65 bits per heavy atom. The number of hydrogen-bond donors (Lipinski definition) is 3. The molecule has 4 N–H and O–H groups in total. The number of aryl methyl sites for hydroxylation is 1. The molecule has 0 atom stereocenters. The first-order valence-electron chi connectivity index (χ1n) is 9.55. The molecule has 8 nitrogen and oxygen atoms in total. The normalized spacial score (nSPS) is 11.1. The number of hydrogen-bond acceptors (Lipinski definition) is 5. The average Bonchev–Trinajstić information content (AvgIpc) is 2.73. The van der Waals surface area contributed by atoms with Crippen molar-refractivity contribution in [1.82, 2.24) is 0 Å². The zero-order chi connectivity index (χ0) is 25.0. The van der Waals surface area contributed by atoms with E-state index in [1.54, 1.807) is 31.2 Å². The zero-order valence-electron chi connectivity index (χ0n) is 17.6. The van der Waals surface area contributed by atoms with Crippen molar-refractivity contribution in [1.29, 1.82) is 0 Å². The standard InChI is InChI=1S/C22H18Br2ClN3O5S/c1-12-6-17(34(26,31)32)3-4-18(12)27-21(29)11-33-20-5-2-16(25)10-19(20)28-22(30)13-7-14(23)9-15(24)8-13/h2-10H,11H2,1H3,(H,27,29)(H,28,30)(H2,26,31,32). The number of carbonyl (C=O) groups excluding carboxylic acids is 2. The van der Waals surface area contributed by atoms with Gasteiger partial charge in [-0.2, -0.15) is 0 Å². The fourth-order valence-corrected chi connectivity index (χ4v) is 4.95. The first-order valence-corrected chi connectivity index (χ1v) is 13.1. The van der Waals surface area contributed by atoms with E-state index in [0.717, 1.165) is 8.95 Å². The molecule has 0 heterocycles. The summed E-state index contributed by atoms with van der Waals surface area (Å²) in [4.78, 5) is 25.1. The van der Waals surface area contributed by atoms with Gasteiger partial charge in [-0.25, -0.2) is 13.6 Å². The van der Waals surface area contributed by atoms with E-state index in [1.165, 1.54) is 30.3 Å². The quantitative estimate of drug-likeness (QED) is 0.335. The van der Waals surface area contributed by atoms with Gasteiger partial charge in [0.15, 0.2) is 6.61 Å². The molecule has 0 aliphatic heterocycles.